The molecule has 0 fully saturated rings. The smallest absolute Gasteiger partial charge is 0.257 e. The van der Waals surface area contributed by atoms with Gasteiger partial charge in [0.15, 0.2) is 0 Å². The number of thiophene rings is 1. The summed E-state index contributed by atoms with van der Waals surface area (Å²) in [6.45, 7) is 1.93. The zero-order valence-electron chi connectivity index (χ0n) is 12.6. The molecular formula is C15H15N3O3S2. The van der Waals surface area contributed by atoms with E-state index in [4.69, 9.17) is 4.42 Å². The fourth-order valence-electron chi connectivity index (χ4n) is 1.98. The summed E-state index contributed by atoms with van der Waals surface area (Å²) in [6.07, 6.45) is 0. The number of aryl methyl sites for hydroxylation is 1. The molecule has 0 aliphatic rings. The molecule has 120 valence electrons. The largest absolute Gasteiger partial charge is 0.418 e. The van der Waals surface area contributed by atoms with Crippen LogP contribution in [0.2, 0.25) is 0 Å². The van der Waals surface area contributed by atoms with Crippen LogP contribution in [0.3, 0.4) is 0 Å². The summed E-state index contributed by atoms with van der Waals surface area (Å²) < 4.78 is 31.8. The Labute approximate surface area is 138 Å². The van der Waals surface area contributed by atoms with Gasteiger partial charge in [0.05, 0.1) is 16.3 Å². The number of aromatic nitrogens is 2. The summed E-state index contributed by atoms with van der Waals surface area (Å²) in [4.78, 5) is 1.09. The van der Waals surface area contributed by atoms with E-state index in [-0.39, 0.29) is 17.3 Å². The van der Waals surface area contributed by atoms with E-state index >= 15 is 0 Å². The Hall–Kier alpha value is -2.03. The third kappa shape index (κ3) is 3.34. The lowest BCUT2D eigenvalue weighted by atomic mass is 10.2. The summed E-state index contributed by atoms with van der Waals surface area (Å²) >= 11 is 1.48. The van der Waals surface area contributed by atoms with Gasteiger partial charge in [-0.1, -0.05) is 23.8 Å². The predicted octanol–water partition coefficient (Wildman–Crippen LogP) is 2.93. The van der Waals surface area contributed by atoms with E-state index in [0.29, 0.717) is 5.89 Å². The molecule has 3 aromatic rings. The Morgan fingerprint density at radius 3 is 2.57 bits per heavy atom. The summed E-state index contributed by atoms with van der Waals surface area (Å²) in [5.74, 6) is 0.655. The van der Waals surface area contributed by atoms with Crippen LogP contribution in [0.4, 0.5) is 0 Å². The van der Waals surface area contributed by atoms with Crippen LogP contribution in [0.1, 0.15) is 11.5 Å². The third-order valence-electron chi connectivity index (χ3n) is 3.29. The van der Waals surface area contributed by atoms with Crippen LogP contribution in [0.25, 0.3) is 10.8 Å². The zero-order chi connectivity index (χ0) is 16.4. The second kappa shape index (κ2) is 6.23. The Morgan fingerprint density at radius 2 is 1.91 bits per heavy atom. The van der Waals surface area contributed by atoms with Gasteiger partial charge in [0.2, 0.25) is 15.9 Å². The van der Waals surface area contributed by atoms with Crippen LogP contribution in [0, 0.1) is 6.92 Å². The number of hydrogen-bond acceptors (Lipinski definition) is 6. The highest BCUT2D eigenvalue weighted by Crippen LogP contribution is 2.24. The minimum Gasteiger partial charge on any atom is -0.418 e. The first kappa shape index (κ1) is 15.9. The Bertz CT molecular complexity index is 884. The highest BCUT2D eigenvalue weighted by atomic mass is 32.2. The van der Waals surface area contributed by atoms with Gasteiger partial charge in [0, 0.05) is 7.05 Å². The molecule has 0 spiro atoms. The summed E-state index contributed by atoms with van der Waals surface area (Å²) in [7, 11) is -2.10. The lowest BCUT2D eigenvalue weighted by Crippen LogP contribution is -2.26. The molecule has 0 atom stereocenters. The molecule has 2 aromatic heterocycles. The van der Waals surface area contributed by atoms with Crippen molar-refractivity contribution in [1.82, 2.24) is 14.5 Å². The normalized spacial score (nSPS) is 12.0. The quantitative estimate of drug-likeness (QED) is 0.708. The SMILES string of the molecule is Cc1ccc(S(=O)(=O)N(C)Cc2nnc(-c3cccs3)o2)cc1. The molecule has 0 bridgehead atoms. The van der Waals surface area contributed by atoms with E-state index in [0.717, 1.165) is 10.4 Å². The third-order valence-corrected chi connectivity index (χ3v) is 5.96. The second-order valence-electron chi connectivity index (χ2n) is 5.05. The topological polar surface area (TPSA) is 76.3 Å². The van der Waals surface area contributed by atoms with Crippen molar-refractivity contribution in [2.75, 3.05) is 7.05 Å². The molecule has 0 saturated heterocycles. The van der Waals surface area contributed by atoms with Gasteiger partial charge in [0.25, 0.3) is 5.89 Å². The van der Waals surface area contributed by atoms with Crippen molar-refractivity contribution in [2.24, 2.45) is 0 Å². The minimum absolute atomic E-state index is 0.0224. The van der Waals surface area contributed by atoms with Crippen LogP contribution in [-0.4, -0.2) is 30.0 Å². The monoisotopic (exact) mass is 349 g/mol. The van der Waals surface area contributed by atoms with Gasteiger partial charge in [0.1, 0.15) is 0 Å². The van der Waals surface area contributed by atoms with E-state index in [2.05, 4.69) is 10.2 Å². The van der Waals surface area contributed by atoms with Crippen LogP contribution in [0.5, 0.6) is 0 Å². The van der Waals surface area contributed by atoms with Crippen molar-refractivity contribution in [3.63, 3.8) is 0 Å². The highest BCUT2D eigenvalue weighted by Gasteiger charge is 2.23. The molecule has 23 heavy (non-hydrogen) atoms. The number of benzene rings is 1. The van der Waals surface area contributed by atoms with Crippen molar-refractivity contribution in [3.8, 4) is 10.8 Å². The zero-order valence-corrected chi connectivity index (χ0v) is 14.3. The number of hydrogen-bond donors (Lipinski definition) is 0. The van der Waals surface area contributed by atoms with Gasteiger partial charge in [-0.25, -0.2) is 8.42 Å². The molecule has 1 aromatic carbocycles. The highest BCUT2D eigenvalue weighted by molar-refractivity contribution is 7.89. The molecule has 0 radical (unpaired) electrons. The first-order valence-electron chi connectivity index (χ1n) is 6.86. The van der Waals surface area contributed by atoms with Gasteiger partial charge >= 0.3 is 0 Å². The summed E-state index contributed by atoms with van der Waals surface area (Å²) in [5, 5.41) is 9.78. The second-order valence-corrected chi connectivity index (χ2v) is 8.04. The maximum absolute atomic E-state index is 12.5. The van der Waals surface area contributed by atoms with Gasteiger partial charge in [-0.15, -0.1) is 21.5 Å². The number of rotatable bonds is 5. The molecule has 6 nitrogen and oxygen atoms in total. The van der Waals surface area contributed by atoms with E-state index in [1.807, 2.05) is 24.4 Å². The molecule has 0 aliphatic carbocycles. The van der Waals surface area contributed by atoms with Gasteiger partial charge in [-0.05, 0) is 30.5 Å². The predicted molar refractivity (Wildman–Crippen MR) is 87.4 cm³/mol. The lowest BCUT2D eigenvalue weighted by molar-refractivity contribution is 0.400. The molecule has 0 amide bonds. The van der Waals surface area contributed by atoms with E-state index in [1.165, 1.54) is 22.7 Å². The molecular weight excluding hydrogens is 334 g/mol. The average molecular weight is 349 g/mol. The standard InChI is InChI=1S/C15H15N3O3S2/c1-11-5-7-12(8-6-11)23(19,20)18(2)10-14-16-17-15(21-14)13-4-3-9-22-13/h3-9H,10H2,1-2H3. The Morgan fingerprint density at radius 1 is 1.17 bits per heavy atom. The first-order valence-corrected chi connectivity index (χ1v) is 9.18. The molecule has 3 rings (SSSR count). The molecule has 0 aliphatic heterocycles. The minimum atomic E-state index is -3.59. The molecule has 8 heteroatoms. The molecule has 0 unspecified atom stereocenters. The van der Waals surface area contributed by atoms with Crippen molar-refractivity contribution in [1.29, 1.82) is 0 Å². The first-order chi connectivity index (χ1) is 11.0. The maximum Gasteiger partial charge on any atom is 0.257 e. The van der Waals surface area contributed by atoms with Gasteiger partial charge < -0.3 is 4.42 Å². The number of sulfonamides is 1. The fraction of sp³-hybridized carbons (Fsp3) is 0.200. The van der Waals surface area contributed by atoms with Crippen molar-refractivity contribution >= 4 is 21.4 Å². The fourth-order valence-corrected chi connectivity index (χ4v) is 3.75. The van der Waals surface area contributed by atoms with Crippen molar-refractivity contribution < 1.29 is 12.8 Å². The van der Waals surface area contributed by atoms with Gasteiger partial charge in [-0.3, -0.25) is 0 Å². The molecule has 0 saturated carbocycles. The summed E-state index contributed by atoms with van der Waals surface area (Å²) in [5.41, 5.74) is 1.00. The van der Waals surface area contributed by atoms with Crippen LogP contribution >= 0.6 is 11.3 Å². The Kier molecular flexibility index (Phi) is 4.29. The maximum atomic E-state index is 12.5. The Balaban J connectivity index is 1.78. The molecule has 0 N–H and O–H groups in total. The number of nitrogens with zero attached hydrogens (tertiary/aromatic N) is 3. The van der Waals surface area contributed by atoms with E-state index < -0.39 is 10.0 Å². The molecule has 2 heterocycles. The van der Waals surface area contributed by atoms with E-state index in [9.17, 15) is 8.42 Å². The van der Waals surface area contributed by atoms with E-state index in [1.54, 1.807) is 24.3 Å². The van der Waals surface area contributed by atoms with Gasteiger partial charge in [-0.2, -0.15) is 4.31 Å². The van der Waals surface area contributed by atoms with Crippen molar-refractivity contribution in [3.05, 3.63) is 53.2 Å². The van der Waals surface area contributed by atoms with Crippen LogP contribution in [-0.2, 0) is 16.6 Å². The summed E-state index contributed by atoms with van der Waals surface area (Å²) in [6, 6.07) is 10.5. The average Bonchev–Trinajstić information content (AvgIpc) is 3.18. The van der Waals surface area contributed by atoms with Crippen LogP contribution < -0.4 is 0 Å². The van der Waals surface area contributed by atoms with Crippen molar-refractivity contribution in [2.45, 2.75) is 18.4 Å². The lowest BCUT2D eigenvalue weighted by Gasteiger charge is -2.15. The van der Waals surface area contributed by atoms with Crippen LogP contribution in [0.15, 0.2) is 51.1 Å².